The number of sulfonamides is 1. The number of hydrogen-bond donors (Lipinski definition) is 1. The molecule has 1 aromatic carbocycles. The van der Waals surface area contributed by atoms with Gasteiger partial charge in [0.25, 0.3) is 15.6 Å². The molecule has 2 heterocycles. The molecule has 0 atom stereocenters. The van der Waals surface area contributed by atoms with Crippen LogP contribution < -0.4 is 10.3 Å². The van der Waals surface area contributed by atoms with E-state index in [0.717, 1.165) is 11.1 Å². The summed E-state index contributed by atoms with van der Waals surface area (Å²) < 4.78 is 30.5. The third-order valence-electron chi connectivity index (χ3n) is 3.83. The van der Waals surface area contributed by atoms with Crippen molar-refractivity contribution in [1.82, 2.24) is 14.2 Å². The van der Waals surface area contributed by atoms with Crippen LogP contribution in [-0.2, 0) is 16.6 Å². The molecule has 0 aliphatic carbocycles. The van der Waals surface area contributed by atoms with Gasteiger partial charge in [-0.25, -0.2) is 13.1 Å². The highest BCUT2D eigenvalue weighted by Gasteiger charge is 2.19. The minimum Gasteiger partial charge on any atom is -0.300 e. The minimum absolute atomic E-state index is 0.0234. The van der Waals surface area contributed by atoms with E-state index in [4.69, 9.17) is 0 Å². The smallest absolute Gasteiger partial charge is 0.291 e. The maximum atomic E-state index is 12.6. The Morgan fingerprint density at radius 1 is 1.21 bits per heavy atom. The van der Waals surface area contributed by atoms with Crippen molar-refractivity contribution >= 4 is 21.2 Å². The molecule has 8 heteroatoms. The van der Waals surface area contributed by atoms with Crippen LogP contribution in [-0.4, -0.2) is 22.6 Å². The van der Waals surface area contributed by atoms with Gasteiger partial charge in [0.15, 0.2) is 0 Å². The second-order valence-electron chi connectivity index (χ2n) is 5.64. The van der Waals surface area contributed by atoms with Gasteiger partial charge >= 0.3 is 0 Å². The molecule has 0 bridgehead atoms. The van der Waals surface area contributed by atoms with E-state index in [0.29, 0.717) is 12.2 Å². The fraction of sp³-hybridized carbons (Fsp3) is 0.250. The van der Waals surface area contributed by atoms with Crippen molar-refractivity contribution in [3.05, 3.63) is 58.3 Å². The highest BCUT2D eigenvalue weighted by molar-refractivity contribution is 7.92. The zero-order valence-electron chi connectivity index (χ0n) is 13.6. The number of benzene rings is 1. The third kappa shape index (κ3) is 2.80. The fourth-order valence-electron chi connectivity index (χ4n) is 2.53. The largest absolute Gasteiger partial charge is 0.300 e. The van der Waals surface area contributed by atoms with Gasteiger partial charge in [0.2, 0.25) is 0 Å². The second-order valence-corrected chi connectivity index (χ2v) is 7.33. The summed E-state index contributed by atoms with van der Waals surface area (Å²) in [4.78, 5) is 12.2. The van der Waals surface area contributed by atoms with E-state index < -0.39 is 10.0 Å². The molecular formula is C16H18N4O3S. The maximum absolute atomic E-state index is 12.6. The Labute approximate surface area is 139 Å². The standard InChI is InChI=1S/C16H18N4O3S/c1-4-20-16(21)15-8-13(9-19(15)10-17-20)24(22,23)18-14-6-5-11(2)7-12(14)3/h5-10,18H,4H2,1-3H3. The zero-order chi connectivity index (χ0) is 17.5. The molecule has 7 nitrogen and oxygen atoms in total. The van der Waals surface area contributed by atoms with Crippen molar-refractivity contribution in [3.63, 3.8) is 0 Å². The number of hydrogen-bond acceptors (Lipinski definition) is 4. The highest BCUT2D eigenvalue weighted by Crippen LogP contribution is 2.21. The molecule has 0 spiro atoms. The van der Waals surface area contributed by atoms with E-state index in [-0.39, 0.29) is 16.0 Å². The van der Waals surface area contributed by atoms with Gasteiger partial charge in [0.1, 0.15) is 16.7 Å². The first-order valence-corrected chi connectivity index (χ1v) is 8.98. The highest BCUT2D eigenvalue weighted by atomic mass is 32.2. The number of rotatable bonds is 4. The molecule has 0 saturated carbocycles. The molecule has 0 unspecified atom stereocenters. The van der Waals surface area contributed by atoms with Gasteiger partial charge in [-0.2, -0.15) is 5.10 Å². The Morgan fingerprint density at radius 2 is 1.96 bits per heavy atom. The SMILES string of the molecule is CCn1ncn2cc(S(=O)(=O)Nc3ccc(C)cc3C)cc2c1=O. The minimum atomic E-state index is -3.79. The summed E-state index contributed by atoms with van der Waals surface area (Å²) in [5, 5.41) is 3.98. The lowest BCUT2D eigenvalue weighted by Gasteiger charge is -2.09. The lowest BCUT2D eigenvalue weighted by molar-refractivity contribution is 0.600. The summed E-state index contributed by atoms with van der Waals surface area (Å²) in [6, 6.07) is 6.83. The monoisotopic (exact) mass is 346 g/mol. The molecule has 0 aliphatic rings. The second kappa shape index (κ2) is 5.79. The Balaban J connectivity index is 2.05. The molecule has 0 fully saturated rings. The normalized spacial score (nSPS) is 11.8. The first-order chi connectivity index (χ1) is 11.3. The van der Waals surface area contributed by atoms with E-state index in [9.17, 15) is 13.2 Å². The van der Waals surface area contributed by atoms with E-state index in [1.54, 1.807) is 13.0 Å². The van der Waals surface area contributed by atoms with E-state index in [1.807, 2.05) is 26.0 Å². The van der Waals surface area contributed by atoms with E-state index in [1.165, 1.54) is 27.7 Å². The van der Waals surface area contributed by atoms with Crippen LogP contribution in [0.2, 0.25) is 0 Å². The van der Waals surface area contributed by atoms with Crippen LogP contribution in [0.3, 0.4) is 0 Å². The van der Waals surface area contributed by atoms with Gasteiger partial charge in [-0.3, -0.25) is 13.9 Å². The maximum Gasteiger partial charge on any atom is 0.291 e. The van der Waals surface area contributed by atoms with Crippen molar-refractivity contribution in [2.45, 2.75) is 32.2 Å². The number of anilines is 1. The first-order valence-electron chi connectivity index (χ1n) is 7.49. The molecule has 2 aromatic heterocycles. The van der Waals surface area contributed by atoms with Gasteiger partial charge in [-0.15, -0.1) is 0 Å². The van der Waals surface area contributed by atoms with Crippen LogP contribution in [0.4, 0.5) is 5.69 Å². The van der Waals surface area contributed by atoms with Crippen molar-refractivity contribution in [1.29, 1.82) is 0 Å². The predicted molar refractivity (Wildman–Crippen MR) is 91.9 cm³/mol. The fourth-order valence-corrected chi connectivity index (χ4v) is 3.68. The Morgan fingerprint density at radius 3 is 2.62 bits per heavy atom. The summed E-state index contributed by atoms with van der Waals surface area (Å²) in [6.45, 7) is 6.00. The Kier molecular flexibility index (Phi) is 3.92. The van der Waals surface area contributed by atoms with Crippen molar-refractivity contribution < 1.29 is 8.42 Å². The number of nitrogens with zero attached hydrogens (tertiary/aromatic N) is 3. The average molecular weight is 346 g/mol. The van der Waals surface area contributed by atoms with Crippen LogP contribution in [0, 0.1) is 13.8 Å². The van der Waals surface area contributed by atoms with Gasteiger partial charge in [-0.05, 0) is 38.5 Å². The molecule has 3 rings (SSSR count). The van der Waals surface area contributed by atoms with Crippen LogP contribution in [0.5, 0.6) is 0 Å². The Hall–Kier alpha value is -2.61. The summed E-state index contributed by atoms with van der Waals surface area (Å²) in [7, 11) is -3.79. The lowest BCUT2D eigenvalue weighted by Crippen LogP contribution is -2.23. The lowest BCUT2D eigenvalue weighted by atomic mass is 10.1. The molecule has 3 aromatic rings. The topological polar surface area (TPSA) is 85.5 Å². The summed E-state index contributed by atoms with van der Waals surface area (Å²) >= 11 is 0. The van der Waals surface area contributed by atoms with Crippen LogP contribution >= 0.6 is 0 Å². The number of fused-ring (bicyclic) bond motifs is 1. The number of aryl methyl sites for hydroxylation is 3. The van der Waals surface area contributed by atoms with E-state index in [2.05, 4.69) is 9.82 Å². The molecule has 0 amide bonds. The first kappa shape index (κ1) is 16.3. The zero-order valence-corrected chi connectivity index (χ0v) is 14.5. The molecule has 24 heavy (non-hydrogen) atoms. The van der Waals surface area contributed by atoms with Gasteiger partial charge in [0.05, 0.1) is 5.69 Å². The number of aromatic nitrogens is 3. The molecule has 1 N–H and O–H groups in total. The van der Waals surface area contributed by atoms with Crippen molar-refractivity contribution in [2.24, 2.45) is 0 Å². The average Bonchev–Trinajstić information content (AvgIpc) is 2.96. The van der Waals surface area contributed by atoms with Gasteiger partial charge in [0, 0.05) is 12.7 Å². The Bertz CT molecular complexity index is 1080. The van der Waals surface area contributed by atoms with Gasteiger partial charge in [-0.1, -0.05) is 17.7 Å². The summed E-state index contributed by atoms with van der Waals surface area (Å²) in [5.41, 5.74) is 2.34. The van der Waals surface area contributed by atoms with Crippen LogP contribution in [0.1, 0.15) is 18.1 Å². The van der Waals surface area contributed by atoms with Crippen molar-refractivity contribution in [3.8, 4) is 0 Å². The molecular weight excluding hydrogens is 328 g/mol. The predicted octanol–water partition coefficient (Wildman–Crippen LogP) is 1.93. The molecule has 0 radical (unpaired) electrons. The molecule has 0 saturated heterocycles. The van der Waals surface area contributed by atoms with Crippen LogP contribution in [0.15, 0.2) is 46.5 Å². The number of nitrogens with one attached hydrogen (secondary N) is 1. The van der Waals surface area contributed by atoms with Crippen molar-refractivity contribution in [2.75, 3.05) is 4.72 Å². The molecule has 126 valence electrons. The van der Waals surface area contributed by atoms with Crippen LogP contribution in [0.25, 0.3) is 5.52 Å². The van der Waals surface area contributed by atoms with E-state index >= 15 is 0 Å². The molecule has 0 aliphatic heterocycles. The quantitative estimate of drug-likeness (QED) is 0.782. The summed E-state index contributed by atoms with van der Waals surface area (Å²) in [6.07, 6.45) is 2.81. The third-order valence-corrected chi connectivity index (χ3v) is 5.16. The van der Waals surface area contributed by atoms with Gasteiger partial charge < -0.3 is 0 Å². The summed E-state index contributed by atoms with van der Waals surface area (Å²) in [5.74, 6) is 0.